The second-order valence-electron chi connectivity index (χ2n) is 4.12. The Labute approximate surface area is 108 Å². The minimum atomic E-state index is 0.105. The molecule has 0 saturated heterocycles. The Morgan fingerprint density at radius 3 is 2.67 bits per heavy atom. The molecule has 0 amide bonds. The third kappa shape index (κ3) is 5.44. The summed E-state index contributed by atoms with van der Waals surface area (Å²) in [6.45, 7) is 3.34. The lowest BCUT2D eigenvalue weighted by Crippen LogP contribution is -2.34. The molecule has 1 rings (SSSR count). The average Bonchev–Trinajstić information content (AvgIpc) is 2.89. The molecule has 0 bridgehead atoms. The summed E-state index contributed by atoms with van der Waals surface area (Å²) in [5.74, 6) is 0.105. The van der Waals surface area contributed by atoms with E-state index in [0.717, 1.165) is 19.5 Å². The van der Waals surface area contributed by atoms with E-state index in [1.807, 2.05) is 6.07 Å². The van der Waals surface area contributed by atoms with Gasteiger partial charge in [-0.15, -0.1) is 0 Å². The fraction of sp³-hybridized carbons (Fsp3) is 0.615. The number of H-pyrrole nitrogens is 1. The van der Waals surface area contributed by atoms with E-state index < -0.39 is 0 Å². The van der Waals surface area contributed by atoms with Crippen molar-refractivity contribution >= 4 is 5.78 Å². The Morgan fingerprint density at radius 1 is 1.28 bits per heavy atom. The third-order valence-electron chi connectivity index (χ3n) is 2.70. The van der Waals surface area contributed by atoms with Gasteiger partial charge in [0.15, 0.2) is 5.78 Å². The van der Waals surface area contributed by atoms with Crippen molar-refractivity contribution in [1.29, 1.82) is 0 Å². The zero-order valence-corrected chi connectivity index (χ0v) is 11.1. The van der Waals surface area contributed by atoms with Crippen LogP contribution in [0.4, 0.5) is 0 Å². The van der Waals surface area contributed by atoms with E-state index in [0.29, 0.717) is 25.5 Å². The molecule has 0 spiro atoms. The highest BCUT2D eigenvalue weighted by atomic mass is 16.5. The summed E-state index contributed by atoms with van der Waals surface area (Å²) in [4.78, 5) is 17.0. The van der Waals surface area contributed by atoms with Gasteiger partial charge < -0.3 is 14.5 Å². The SMILES string of the molecule is COCCCN(CCOC)CC(=O)c1ccc[nH]1. The van der Waals surface area contributed by atoms with Crippen LogP contribution in [0, 0.1) is 0 Å². The van der Waals surface area contributed by atoms with E-state index in [9.17, 15) is 4.79 Å². The molecule has 1 heterocycles. The maximum absolute atomic E-state index is 12.0. The van der Waals surface area contributed by atoms with Gasteiger partial charge in [0.1, 0.15) is 0 Å². The first kappa shape index (κ1) is 14.9. The monoisotopic (exact) mass is 254 g/mol. The topological polar surface area (TPSA) is 54.6 Å². The molecule has 0 fully saturated rings. The van der Waals surface area contributed by atoms with Crippen molar-refractivity contribution in [2.24, 2.45) is 0 Å². The lowest BCUT2D eigenvalue weighted by molar-refractivity contribution is 0.0873. The summed E-state index contributed by atoms with van der Waals surface area (Å²) < 4.78 is 10.1. The number of ether oxygens (including phenoxy) is 2. The summed E-state index contributed by atoms with van der Waals surface area (Å²) in [6, 6.07) is 3.63. The molecule has 1 aromatic rings. The molecule has 5 heteroatoms. The molecule has 102 valence electrons. The van der Waals surface area contributed by atoms with E-state index >= 15 is 0 Å². The predicted octanol–water partition coefficient (Wildman–Crippen LogP) is 1.18. The van der Waals surface area contributed by atoms with Crippen LogP contribution in [0.3, 0.4) is 0 Å². The van der Waals surface area contributed by atoms with E-state index in [1.165, 1.54) is 0 Å². The van der Waals surface area contributed by atoms with Crippen LogP contribution in [0.15, 0.2) is 18.3 Å². The molecule has 0 aliphatic carbocycles. The molecule has 18 heavy (non-hydrogen) atoms. The number of hydrogen-bond donors (Lipinski definition) is 1. The summed E-state index contributed by atoms with van der Waals surface area (Å²) in [6.07, 6.45) is 2.68. The number of methoxy groups -OCH3 is 2. The predicted molar refractivity (Wildman–Crippen MR) is 69.9 cm³/mol. The van der Waals surface area contributed by atoms with Crippen LogP contribution >= 0.6 is 0 Å². The van der Waals surface area contributed by atoms with E-state index in [1.54, 1.807) is 26.5 Å². The number of nitrogens with zero attached hydrogens (tertiary/aromatic N) is 1. The lowest BCUT2D eigenvalue weighted by Gasteiger charge is -2.20. The zero-order chi connectivity index (χ0) is 13.2. The highest BCUT2D eigenvalue weighted by Gasteiger charge is 2.12. The Bertz CT molecular complexity index is 325. The molecule has 0 radical (unpaired) electrons. The minimum Gasteiger partial charge on any atom is -0.385 e. The Morgan fingerprint density at radius 2 is 2.06 bits per heavy atom. The van der Waals surface area contributed by atoms with Gasteiger partial charge in [0.25, 0.3) is 0 Å². The second kappa shape index (κ2) is 8.85. The molecule has 0 atom stereocenters. The molecule has 5 nitrogen and oxygen atoms in total. The van der Waals surface area contributed by atoms with Crippen LogP contribution in [0.1, 0.15) is 16.9 Å². The summed E-state index contributed by atoms with van der Waals surface area (Å²) in [7, 11) is 3.35. The first-order valence-corrected chi connectivity index (χ1v) is 6.14. The highest BCUT2D eigenvalue weighted by molar-refractivity contribution is 5.95. The lowest BCUT2D eigenvalue weighted by atomic mass is 10.2. The van der Waals surface area contributed by atoms with Crippen molar-refractivity contribution in [1.82, 2.24) is 9.88 Å². The van der Waals surface area contributed by atoms with Crippen molar-refractivity contribution in [3.63, 3.8) is 0 Å². The molecule has 0 saturated carbocycles. The molecule has 0 aliphatic rings. The van der Waals surface area contributed by atoms with Crippen LogP contribution in [0.25, 0.3) is 0 Å². The number of ketones is 1. The van der Waals surface area contributed by atoms with Gasteiger partial charge in [0, 0.05) is 40.1 Å². The van der Waals surface area contributed by atoms with Crippen LogP contribution in [0.2, 0.25) is 0 Å². The summed E-state index contributed by atoms with van der Waals surface area (Å²) in [5, 5.41) is 0. The number of hydrogen-bond acceptors (Lipinski definition) is 4. The van der Waals surface area contributed by atoms with Gasteiger partial charge in [-0.05, 0) is 18.6 Å². The zero-order valence-electron chi connectivity index (χ0n) is 11.1. The normalized spacial score (nSPS) is 11.1. The van der Waals surface area contributed by atoms with Gasteiger partial charge in [-0.1, -0.05) is 0 Å². The Kier molecular flexibility index (Phi) is 7.32. The Balaban J connectivity index is 2.41. The van der Waals surface area contributed by atoms with Gasteiger partial charge in [-0.25, -0.2) is 0 Å². The molecular weight excluding hydrogens is 232 g/mol. The van der Waals surface area contributed by atoms with E-state index in [2.05, 4.69) is 9.88 Å². The number of aromatic amines is 1. The van der Waals surface area contributed by atoms with E-state index in [-0.39, 0.29) is 5.78 Å². The van der Waals surface area contributed by atoms with Gasteiger partial charge in [0.05, 0.1) is 18.8 Å². The van der Waals surface area contributed by atoms with Gasteiger partial charge in [-0.3, -0.25) is 9.69 Å². The summed E-state index contributed by atoms with van der Waals surface area (Å²) in [5.41, 5.74) is 0.657. The standard InChI is InChI=1S/C13H22N2O3/c1-17-9-4-7-15(8-10-18-2)11-13(16)12-5-3-6-14-12/h3,5-6,14H,4,7-11H2,1-2H3. The number of aromatic nitrogens is 1. The average molecular weight is 254 g/mol. The molecule has 0 aliphatic heterocycles. The van der Waals surface area contributed by atoms with Crippen LogP contribution in [0.5, 0.6) is 0 Å². The fourth-order valence-corrected chi connectivity index (χ4v) is 1.71. The maximum atomic E-state index is 12.0. The third-order valence-corrected chi connectivity index (χ3v) is 2.70. The highest BCUT2D eigenvalue weighted by Crippen LogP contribution is 2.00. The number of Topliss-reactive ketones (excluding diaryl/α,β-unsaturated/α-hetero) is 1. The quantitative estimate of drug-likeness (QED) is 0.503. The number of carbonyl (C=O) groups is 1. The molecule has 1 aromatic heterocycles. The maximum Gasteiger partial charge on any atom is 0.192 e. The molecule has 0 unspecified atom stereocenters. The van der Waals surface area contributed by atoms with Crippen LogP contribution < -0.4 is 0 Å². The van der Waals surface area contributed by atoms with Crippen molar-refractivity contribution in [3.05, 3.63) is 24.0 Å². The first-order chi connectivity index (χ1) is 8.77. The van der Waals surface area contributed by atoms with Gasteiger partial charge in [-0.2, -0.15) is 0 Å². The second-order valence-corrected chi connectivity index (χ2v) is 4.12. The van der Waals surface area contributed by atoms with Crippen molar-refractivity contribution in [2.75, 3.05) is 47.1 Å². The number of nitrogens with one attached hydrogen (secondary N) is 1. The summed E-state index contributed by atoms with van der Waals surface area (Å²) >= 11 is 0. The smallest absolute Gasteiger partial charge is 0.192 e. The Hall–Kier alpha value is -1.17. The van der Waals surface area contributed by atoms with Crippen molar-refractivity contribution in [2.45, 2.75) is 6.42 Å². The fourth-order valence-electron chi connectivity index (χ4n) is 1.71. The van der Waals surface area contributed by atoms with Crippen molar-refractivity contribution < 1.29 is 14.3 Å². The van der Waals surface area contributed by atoms with Gasteiger partial charge in [0.2, 0.25) is 0 Å². The number of rotatable bonds is 10. The van der Waals surface area contributed by atoms with Crippen molar-refractivity contribution in [3.8, 4) is 0 Å². The minimum absolute atomic E-state index is 0.105. The van der Waals surface area contributed by atoms with Crippen LogP contribution in [-0.2, 0) is 9.47 Å². The first-order valence-electron chi connectivity index (χ1n) is 6.14. The van der Waals surface area contributed by atoms with Crippen LogP contribution in [-0.4, -0.2) is 62.7 Å². The largest absolute Gasteiger partial charge is 0.385 e. The molecule has 0 aromatic carbocycles. The molecular formula is C13H22N2O3. The van der Waals surface area contributed by atoms with Gasteiger partial charge >= 0.3 is 0 Å². The van der Waals surface area contributed by atoms with E-state index in [4.69, 9.17) is 9.47 Å². The number of carbonyl (C=O) groups excluding carboxylic acids is 1. The molecule has 1 N–H and O–H groups in total.